The monoisotopic (exact) mass is 248 g/mol. The van der Waals surface area contributed by atoms with Gasteiger partial charge in [-0.1, -0.05) is 18.2 Å². The molecule has 5 nitrogen and oxygen atoms in total. The third-order valence-electron chi connectivity index (χ3n) is 2.95. The Labute approximate surface area is 106 Å². The van der Waals surface area contributed by atoms with E-state index in [0.717, 1.165) is 13.1 Å². The van der Waals surface area contributed by atoms with Crippen molar-refractivity contribution in [3.05, 3.63) is 35.9 Å². The molecule has 1 saturated heterocycles. The van der Waals surface area contributed by atoms with E-state index in [1.54, 1.807) is 35.2 Å². The summed E-state index contributed by atoms with van der Waals surface area (Å²) >= 11 is 0. The number of hydrogen-bond acceptors (Lipinski definition) is 4. The SMILES string of the molecule is CN1CCN(C(=O)OC(=O)c2ccccc2)CC1. The second-order valence-electron chi connectivity index (χ2n) is 4.31. The molecule has 0 spiro atoms. The first-order valence-electron chi connectivity index (χ1n) is 5.91. The van der Waals surface area contributed by atoms with E-state index in [2.05, 4.69) is 4.90 Å². The van der Waals surface area contributed by atoms with Crippen molar-refractivity contribution in [2.75, 3.05) is 33.2 Å². The van der Waals surface area contributed by atoms with Crippen molar-refractivity contribution < 1.29 is 14.3 Å². The fraction of sp³-hybridized carbons (Fsp3) is 0.385. The van der Waals surface area contributed by atoms with Gasteiger partial charge in [0.05, 0.1) is 5.56 Å². The zero-order valence-corrected chi connectivity index (χ0v) is 10.3. The van der Waals surface area contributed by atoms with Crippen LogP contribution in [0.5, 0.6) is 0 Å². The van der Waals surface area contributed by atoms with Crippen LogP contribution in [0.25, 0.3) is 0 Å². The molecule has 0 saturated carbocycles. The van der Waals surface area contributed by atoms with Crippen molar-refractivity contribution in [1.29, 1.82) is 0 Å². The molecule has 1 heterocycles. The standard InChI is InChI=1S/C13H16N2O3/c1-14-7-9-15(10-8-14)13(17)18-12(16)11-5-3-2-4-6-11/h2-6H,7-10H2,1H3. The van der Waals surface area contributed by atoms with Crippen LogP contribution in [0.4, 0.5) is 4.79 Å². The highest BCUT2D eigenvalue weighted by molar-refractivity contribution is 5.96. The lowest BCUT2D eigenvalue weighted by Crippen LogP contribution is -2.47. The van der Waals surface area contributed by atoms with Crippen molar-refractivity contribution >= 4 is 12.1 Å². The van der Waals surface area contributed by atoms with E-state index in [9.17, 15) is 9.59 Å². The minimum absolute atomic E-state index is 0.389. The number of esters is 1. The molecule has 1 aromatic carbocycles. The predicted octanol–water partition coefficient (Wildman–Crippen LogP) is 1.21. The largest absolute Gasteiger partial charge is 0.417 e. The van der Waals surface area contributed by atoms with Crippen LogP contribution in [-0.4, -0.2) is 55.1 Å². The molecule has 0 radical (unpaired) electrons. The lowest BCUT2D eigenvalue weighted by Gasteiger charge is -2.31. The van der Waals surface area contributed by atoms with Crippen molar-refractivity contribution in [3.8, 4) is 0 Å². The fourth-order valence-corrected chi connectivity index (χ4v) is 1.77. The number of rotatable bonds is 1. The van der Waals surface area contributed by atoms with E-state index < -0.39 is 12.1 Å². The molecule has 1 aliphatic heterocycles. The van der Waals surface area contributed by atoms with E-state index in [1.807, 2.05) is 7.05 Å². The van der Waals surface area contributed by atoms with Gasteiger partial charge in [-0.15, -0.1) is 0 Å². The Bertz CT molecular complexity index is 425. The molecule has 1 aromatic rings. The van der Waals surface area contributed by atoms with Crippen LogP contribution in [0, 0.1) is 0 Å². The van der Waals surface area contributed by atoms with Crippen LogP contribution in [0.15, 0.2) is 30.3 Å². The summed E-state index contributed by atoms with van der Waals surface area (Å²) in [5.41, 5.74) is 0.389. The quantitative estimate of drug-likeness (QED) is 0.553. The molecule has 0 bridgehead atoms. The highest BCUT2D eigenvalue weighted by atomic mass is 16.6. The third-order valence-corrected chi connectivity index (χ3v) is 2.95. The Hall–Kier alpha value is -1.88. The Balaban J connectivity index is 1.90. The molecule has 2 rings (SSSR count). The summed E-state index contributed by atoms with van der Waals surface area (Å²) < 4.78 is 4.84. The maximum absolute atomic E-state index is 11.8. The average Bonchev–Trinajstić information content (AvgIpc) is 2.40. The van der Waals surface area contributed by atoms with Gasteiger partial charge in [-0.3, -0.25) is 0 Å². The number of likely N-dealkylation sites (N-methyl/N-ethyl adjacent to an activating group) is 1. The summed E-state index contributed by atoms with van der Waals surface area (Å²) in [6, 6.07) is 8.52. The number of nitrogens with zero attached hydrogens (tertiary/aromatic N) is 2. The van der Waals surface area contributed by atoms with Crippen LogP contribution in [0.2, 0.25) is 0 Å². The number of amides is 1. The number of ether oxygens (including phenoxy) is 1. The van der Waals surface area contributed by atoms with Gasteiger partial charge in [-0.2, -0.15) is 0 Å². The smallest absolute Gasteiger partial charge is 0.372 e. The van der Waals surface area contributed by atoms with Gasteiger partial charge in [0.25, 0.3) is 0 Å². The van der Waals surface area contributed by atoms with E-state index in [0.29, 0.717) is 18.7 Å². The van der Waals surface area contributed by atoms with Gasteiger partial charge in [-0.25, -0.2) is 9.59 Å². The van der Waals surface area contributed by atoms with Gasteiger partial charge in [0.2, 0.25) is 0 Å². The summed E-state index contributed by atoms with van der Waals surface area (Å²) in [4.78, 5) is 27.1. The number of piperazine rings is 1. The van der Waals surface area contributed by atoms with Gasteiger partial charge in [0, 0.05) is 26.2 Å². The van der Waals surface area contributed by atoms with E-state index in [-0.39, 0.29) is 0 Å². The summed E-state index contributed by atoms with van der Waals surface area (Å²) in [6.07, 6.45) is -0.558. The Morgan fingerprint density at radius 2 is 1.67 bits per heavy atom. The molecule has 0 unspecified atom stereocenters. The molecule has 1 aliphatic rings. The Morgan fingerprint density at radius 3 is 2.28 bits per heavy atom. The maximum Gasteiger partial charge on any atom is 0.417 e. The molecule has 0 aliphatic carbocycles. The third kappa shape index (κ3) is 3.07. The lowest BCUT2D eigenvalue weighted by atomic mass is 10.2. The minimum atomic E-state index is -0.598. The first kappa shape index (κ1) is 12.6. The number of hydrogen-bond donors (Lipinski definition) is 0. The van der Waals surface area contributed by atoms with Gasteiger partial charge in [-0.05, 0) is 19.2 Å². The predicted molar refractivity (Wildman–Crippen MR) is 66.3 cm³/mol. The number of carbonyl (C=O) groups is 2. The first-order chi connectivity index (χ1) is 8.66. The number of carbonyl (C=O) groups excluding carboxylic acids is 2. The molecular formula is C13H16N2O3. The van der Waals surface area contributed by atoms with Crippen molar-refractivity contribution in [2.45, 2.75) is 0 Å². The second-order valence-corrected chi connectivity index (χ2v) is 4.31. The van der Waals surface area contributed by atoms with Crippen molar-refractivity contribution in [3.63, 3.8) is 0 Å². The Kier molecular flexibility index (Phi) is 3.94. The molecule has 18 heavy (non-hydrogen) atoms. The van der Waals surface area contributed by atoms with Gasteiger partial charge in [0.1, 0.15) is 0 Å². The van der Waals surface area contributed by atoms with E-state index >= 15 is 0 Å². The molecule has 0 N–H and O–H groups in total. The summed E-state index contributed by atoms with van der Waals surface area (Å²) in [6.45, 7) is 2.79. The molecule has 0 aromatic heterocycles. The zero-order valence-electron chi connectivity index (χ0n) is 10.3. The number of benzene rings is 1. The van der Waals surface area contributed by atoms with Crippen LogP contribution in [0.3, 0.4) is 0 Å². The van der Waals surface area contributed by atoms with Crippen LogP contribution in [-0.2, 0) is 4.74 Å². The molecule has 96 valence electrons. The minimum Gasteiger partial charge on any atom is -0.372 e. The summed E-state index contributed by atoms with van der Waals surface area (Å²) in [5.74, 6) is -0.598. The molecule has 1 fully saturated rings. The summed E-state index contributed by atoms with van der Waals surface area (Å²) in [7, 11) is 2.00. The molecule has 0 atom stereocenters. The zero-order chi connectivity index (χ0) is 13.0. The average molecular weight is 248 g/mol. The molecule has 5 heteroatoms. The van der Waals surface area contributed by atoms with E-state index in [4.69, 9.17) is 4.74 Å². The second kappa shape index (κ2) is 5.64. The van der Waals surface area contributed by atoms with Crippen LogP contribution < -0.4 is 0 Å². The normalized spacial score (nSPS) is 16.4. The van der Waals surface area contributed by atoms with E-state index in [1.165, 1.54) is 0 Å². The van der Waals surface area contributed by atoms with Crippen LogP contribution in [0.1, 0.15) is 10.4 Å². The fourth-order valence-electron chi connectivity index (χ4n) is 1.77. The highest BCUT2D eigenvalue weighted by Gasteiger charge is 2.22. The van der Waals surface area contributed by atoms with Crippen molar-refractivity contribution in [2.24, 2.45) is 0 Å². The maximum atomic E-state index is 11.8. The van der Waals surface area contributed by atoms with Gasteiger partial charge in [0.15, 0.2) is 0 Å². The van der Waals surface area contributed by atoms with Crippen LogP contribution >= 0.6 is 0 Å². The molecule has 1 amide bonds. The lowest BCUT2D eigenvalue weighted by molar-refractivity contribution is 0.0498. The Morgan fingerprint density at radius 1 is 1.06 bits per heavy atom. The molecular weight excluding hydrogens is 232 g/mol. The van der Waals surface area contributed by atoms with Gasteiger partial charge < -0.3 is 14.5 Å². The summed E-state index contributed by atoms with van der Waals surface area (Å²) in [5, 5.41) is 0. The van der Waals surface area contributed by atoms with Crippen molar-refractivity contribution in [1.82, 2.24) is 9.80 Å². The first-order valence-corrected chi connectivity index (χ1v) is 5.91. The topological polar surface area (TPSA) is 49.9 Å². The highest BCUT2D eigenvalue weighted by Crippen LogP contribution is 2.06. The van der Waals surface area contributed by atoms with Gasteiger partial charge >= 0.3 is 12.1 Å².